The van der Waals surface area contributed by atoms with Gasteiger partial charge in [0, 0.05) is 34.7 Å². The molecule has 3 rings (SSSR count). The van der Waals surface area contributed by atoms with Crippen LogP contribution in [-0.4, -0.2) is 52.4 Å². The van der Waals surface area contributed by atoms with E-state index in [1.165, 1.54) is 10.4 Å². The first kappa shape index (κ1) is 19.7. The van der Waals surface area contributed by atoms with E-state index in [1.807, 2.05) is 44.2 Å². The minimum absolute atomic E-state index is 0.0132. The van der Waals surface area contributed by atoms with Crippen LogP contribution in [0.5, 0.6) is 0 Å². The first-order chi connectivity index (χ1) is 13.0. The molecule has 2 heterocycles. The summed E-state index contributed by atoms with van der Waals surface area (Å²) in [7, 11) is 1.80. The summed E-state index contributed by atoms with van der Waals surface area (Å²) in [6, 6.07) is 14.0. The second kappa shape index (κ2) is 8.76. The molecule has 0 unspecified atom stereocenters. The predicted molar refractivity (Wildman–Crippen MR) is 115 cm³/mol. The summed E-state index contributed by atoms with van der Waals surface area (Å²) in [5, 5.41) is 0. The lowest BCUT2D eigenvalue weighted by molar-refractivity contribution is -0.141. The Morgan fingerprint density at radius 1 is 1.19 bits per heavy atom. The molecule has 1 aromatic heterocycles. The fourth-order valence-corrected chi connectivity index (χ4v) is 4.87. The lowest BCUT2D eigenvalue weighted by Gasteiger charge is -2.29. The topological polar surface area (TPSA) is 40.6 Å². The average Bonchev–Trinajstić information content (AvgIpc) is 3.35. The molecule has 0 spiro atoms. The molecule has 0 bridgehead atoms. The maximum atomic E-state index is 12.7. The number of hydrogen-bond donors (Lipinski definition) is 0. The van der Waals surface area contributed by atoms with Crippen molar-refractivity contribution in [2.45, 2.75) is 25.9 Å². The number of thiophene rings is 1. The minimum Gasteiger partial charge on any atom is -0.342 e. The molecule has 0 aliphatic carbocycles. The number of carbonyl (C=O) groups excluding carboxylic acids is 2. The maximum absolute atomic E-state index is 12.7. The minimum atomic E-state index is -0.372. The second-order valence-corrected chi connectivity index (χ2v) is 8.88. The van der Waals surface area contributed by atoms with Gasteiger partial charge >= 0.3 is 0 Å². The van der Waals surface area contributed by atoms with Gasteiger partial charge in [-0.25, -0.2) is 0 Å². The van der Waals surface area contributed by atoms with E-state index >= 15 is 0 Å². The Balaban J connectivity index is 1.68. The Morgan fingerprint density at radius 2 is 1.93 bits per heavy atom. The molecule has 0 N–H and O–H groups in total. The molecule has 0 saturated carbocycles. The first-order valence-electron chi connectivity index (χ1n) is 8.95. The van der Waals surface area contributed by atoms with E-state index in [-0.39, 0.29) is 23.9 Å². The number of nitrogens with zero attached hydrogens (tertiary/aromatic N) is 2. The Bertz CT molecular complexity index is 830. The van der Waals surface area contributed by atoms with Crippen LogP contribution in [0.3, 0.4) is 0 Å². The zero-order chi connectivity index (χ0) is 19.4. The van der Waals surface area contributed by atoms with Gasteiger partial charge in [0.15, 0.2) is 0 Å². The average molecular weight is 401 g/mol. The first-order valence-corrected chi connectivity index (χ1v) is 10.9. The van der Waals surface area contributed by atoms with Gasteiger partial charge in [-0.05, 0) is 37.6 Å². The van der Waals surface area contributed by atoms with Crippen molar-refractivity contribution in [3.63, 3.8) is 0 Å². The molecule has 4 nitrogen and oxygen atoms in total. The Morgan fingerprint density at radius 3 is 2.63 bits per heavy atom. The van der Waals surface area contributed by atoms with Crippen molar-refractivity contribution in [3.05, 3.63) is 53.4 Å². The van der Waals surface area contributed by atoms with E-state index in [4.69, 9.17) is 0 Å². The second-order valence-electron chi connectivity index (χ2n) is 6.77. The summed E-state index contributed by atoms with van der Waals surface area (Å²) in [6.45, 7) is 3.96. The fraction of sp³-hybridized carbons (Fsp3) is 0.333. The van der Waals surface area contributed by atoms with Crippen molar-refractivity contribution in [3.8, 4) is 10.4 Å². The molecule has 0 radical (unpaired) electrons. The number of rotatable bonds is 5. The van der Waals surface area contributed by atoms with E-state index in [0.717, 1.165) is 4.88 Å². The number of hydrogen-bond acceptors (Lipinski definition) is 4. The van der Waals surface area contributed by atoms with Crippen LogP contribution in [0.4, 0.5) is 0 Å². The summed E-state index contributed by atoms with van der Waals surface area (Å²) in [5.74, 6) is 1.13. The third kappa shape index (κ3) is 4.62. The highest BCUT2D eigenvalue weighted by molar-refractivity contribution is 7.99. The standard InChI is InChI=1S/C21H24N2O2S2/c1-15(2)22(3)21(25)18-13-26-14-23(18)20(24)12-10-17-9-11-19(27-17)16-7-5-4-6-8-16/h4-12,15,18H,13-14H2,1-3H3/b12-10+/t18-/m1/s1. The van der Waals surface area contributed by atoms with Crippen LogP contribution in [0.15, 0.2) is 48.5 Å². The van der Waals surface area contributed by atoms with Gasteiger partial charge in [-0.2, -0.15) is 0 Å². The Hall–Kier alpha value is -2.05. The monoisotopic (exact) mass is 400 g/mol. The number of carbonyl (C=O) groups is 2. The van der Waals surface area contributed by atoms with E-state index in [2.05, 4.69) is 18.2 Å². The summed E-state index contributed by atoms with van der Waals surface area (Å²) in [5.41, 5.74) is 1.17. The zero-order valence-electron chi connectivity index (χ0n) is 15.8. The fourth-order valence-electron chi connectivity index (χ4n) is 2.80. The molecular formula is C21H24N2O2S2. The van der Waals surface area contributed by atoms with Gasteiger partial charge in [0.25, 0.3) is 0 Å². The lowest BCUT2D eigenvalue weighted by Crippen LogP contribution is -2.49. The van der Waals surface area contributed by atoms with Gasteiger partial charge in [-0.3, -0.25) is 9.59 Å². The van der Waals surface area contributed by atoms with Gasteiger partial charge < -0.3 is 9.80 Å². The normalized spacial score (nSPS) is 17.0. The largest absolute Gasteiger partial charge is 0.342 e. The van der Waals surface area contributed by atoms with Crippen LogP contribution in [0.1, 0.15) is 18.7 Å². The molecule has 2 aromatic rings. The van der Waals surface area contributed by atoms with Crippen molar-refractivity contribution in [2.24, 2.45) is 0 Å². The molecule has 27 heavy (non-hydrogen) atoms. The SMILES string of the molecule is CC(C)N(C)C(=O)[C@H]1CSCN1C(=O)/C=C/c1ccc(-c2ccccc2)s1. The summed E-state index contributed by atoms with van der Waals surface area (Å²) >= 11 is 3.27. The van der Waals surface area contributed by atoms with Crippen LogP contribution >= 0.6 is 23.1 Å². The molecule has 1 fully saturated rings. The quantitative estimate of drug-likeness (QED) is 0.707. The van der Waals surface area contributed by atoms with Crippen molar-refractivity contribution < 1.29 is 9.59 Å². The van der Waals surface area contributed by atoms with Gasteiger partial charge in [0.2, 0.25) is 11.8 Å². The smallest absolute Gasteiger partial charge is 0.247 e. The number of thioether (sulfide) groups is 1. The highest BCUT2D eigenvalue weighted by Gasteiger charge is 2.35. The van der Waals surface area contributed by atoms with Crippen molar-refractivity contribution in [1.29, 1.82) is 0 Å². The molecule has 142 valence electrons. The van der Waals surface area contributed by atoms with Crippen LogP contribution in [0.25, 0.3) is 16.5 Å². The molecule has 1 aliphatic rings. The molecule has 1 aliphatic heterocycles. The Kier molecular flexibility index (Phi) is 6.39. The van der Waals surface area contributed by atoms with E-state index < -0.39 is 0 Å². The highest BCUT2D eigenvalue weighted by atomic mass is 32.2. The summed E-state index contributed by atoms with van der Waals surface area (Å²) in [4.78, 5) is 30.9. The Labute approximate surface area is 168 Å². The third-order valence-electron chi connectivity index (χ3n) is 4.65. The summed E-state index contributed by atoms with van der Waals surface area (Å²) < 4.78 is 0. The third-order valence-corrected chi connectivity index (χ3v) is 6.76. The van der Waals surface area contributed by atoms with Crippen LogP contribution in [-0.2, 0) is 9.59 Å². The van der Waals surface area contributed by atoms with Gasteiger partial charge in [-0.1, -0.05) is 30.3 Å². The van der Waals surface area contributed by atoms with Crippen molar-refractivity contribution >= 4 is 41.0 Å². The van der Waals surface area contributed by atoms with E-state index in [1.54, 1.807) is 46.0 Å². The van der Waals surface area contributed by atoms with E-state index in [9.17, 15) is 9.59 Å². The molecule has 1 saturated heterocycles. The molecule has 1 atom stereocenters. The zero-order valence-corrected chi connectivity index (χ0v) is 17.4. The van der Waals surface area contributed by atoms with Gasteiger partial charge in [0.05, 0.1) is 5.88 Å². The highest BCUT2D eigenvalue weighted by Crippen LogP contribution is 2.29. The van der Waals surface area contributed by atoms with Crippen LogP contribution in [0.2, 0.25) is 0 Å². The maximum Gasteiger partial charge on any atom is 0.247 e. The van der Waals surface area contributed by atoms with Gasteiger partial charge in [-0.15, -0.1) is 23.1 Å². The molecule has 2 amide bonds. The molecule has 1 aromatic carbocycles. The van der Waals surface area contributed by atoms with Crippen LogP contribution < -0.4 is 0 Å². The number of amides is 2. The predicted octanol–water partition coefficient (Wildman–Crippen LogP) is 4.20. The van der Waals surface area contributed by atoms with Gasteiger partial charge in [0.1, 0.15) is 6.04 Å². The summed E-state index contributed by atoms with van der Waals surface area (Å²) in [6.07, 6.45) is 3.43. The van der Waals surface area contributed by atoms with Crippen molar-refractivity contribution in [1.82, 2.24) is 9.80 Å². The van der Waals surface area contributed by atoms with Crippen molar-refractivity contribution in [2.75, 3.05) is 18.7 Å². The lowest BCUT2D eigenvalue weighted by atomic mass is 10.2. The van der Waals surface area contributed by atoms with E-state index in [0.29, 0.717) is 11.6 Å². The molecule has 6 heteroatoms. The number of benzene rings is 1. The number of likely N-dealkylation sites (N-methyl/N-ethyl adjacent to an activating group) is 1. The van der Waals surface area contributed by atoms with Crippen LogP contribution in [0, 0.1) is 0 Å². The molecular weight excluding hydrogens is 376 g/mol.